The van der Waals surface area contributed by atoms with Gasteiger partial charge in [-0.15, -0.1) is 0 Å². The van der Waals surface area contributed by atoms with Crippen LogP contribution in [0.5, 0.6) is 5.75 Å². The number of nitrogens with zero attached hydrogens (tertiary/aromatic N) is 1. The predicted octanol–water partition coefficient (Wildman–Crippen LogP) is 6.06. The number of carbonyl (C=O) groups excluding carboxylic acids is 1. The lowest BCUT2D eigenvalue weighted by molar-refractivity contribution is -0.117. The summed E-state index contributed by atoms with van der Waals surface area (Å²) in [5.41, 5.74) is 6.17. The minimum Gasteiger partial charge on any atom is -0.493 e. The number of amides is 1. The summed E-state index contributed by atoms with van der Waals surface area (Å²) in [6.07, 6.45) is 2.96. The molecule has 0 atom stereocenters. The Morgan fingerprint density at radius 2 is 1.78 bits per heavy atom. The van der Waals surface area contributed by atoms with Gasteiger partial charge in [0.15, 0.2) is 0 Å². The zero-order valence-electron chi connectivity index (χ0n) is 21.4. The van der Waals surface area contributed by atoms with Crippen LogP contribution in [0.15, 0.2) is 71.7 Å². The standard InChI is InChI=1S/C31H32N2O3/c1-20-5-12-25-26(15-20)27(18-32-30(25)35)22-8-6-21(7-9-22)16-29(34)33-14-13-23-10-11-24(17-28(23)33)36-19-31(2,3)4/h5-12,15,17-18H,13-14,16,19H2,1-4H3,(H,32,35). The smallest absolute Gasteiger partial charge is 0.255 e. The number of hydrogen-bond acceptors (Lipinski definition) is 3. The zero-order chi connectivity index (χ0) is 25.4. The Hall–Kier alpha value is -3.86. The number of anilines is 1. The normalized spacial score (nSPS) is 13.2. The lowest BCUT2D eigenvalue weighted by Crippen LogP contribution is -2.30. The first kappa shape index (κ1) is 23.9. The highest BCUT2D eigenvalue weighted by molar-refractivity contribution is 5.98. The van der Waals surface area contributed by atoms with Crippen molar-refractivity contribution in [1.29, 1.82) is 0 Å². The number of hydrogen-bond donors (Lipinski definition) is 1. The fourth-order valence-electron chi connectivity index (χ4n) is 4.69. The van der Waals surface area contributed by atoms with E-state index in [2.05, 4.69) is 31.8 Å². The second kappa shape index (κ2) is 9.30. The highest BCUT2D eigenvalue weighted by Gasteiger charge is 2.25. The minimum atomic E-state index is -0.0891. The Balaban J connectivity index is 1.34. The van der Waals surface area contributed by atoms with Crippen LogP contribution in [0.3, 0.4) is 0 Å². The number of pyridine rings is 1. The molecule has 2 heterocycles. The molecule has 0 aliphatic carbocycles. The molecule has 4 aromatic rings. The van der Waals surface area contributed by atoms with Crippen molar-refractivity contribution in [3.8, 4) is 16.9 Å². The molecule has 3 aromatic carbocycles. The number of fused-ring (bicyclic) bond motifs is 2. The van der Waals surface area contributed by atoms with Crippen molar-refractivity contribution < 1.29 is 9.53 Å². The molecule has 1 N–H and O–H groups in total. The Labute approximate surface area is 211 Å². The average molecular weight is 481 g/mol. The SMILES string of the molecule is Cc1ccc2c(=O)[nH]cc(-c3ccc(CC(=O)N4CCc5ccc(OCC(C)(C)C)cc54)cc3)c2c1. The van der Waals surface area contributed by atoms with E-state index in [1.54, 1.807) is 6.20 Å². The molecule has 1 aliphatic rings. The Morgan fingerprint density at radius 1 is 1.00 bits per heavy atom. The van der Waals surface area contributed by atoms with Crippen LogP contribution in [0.25, 0.3) is 21.9 Å². The quantitative estimate of drug-likeness (QED) is 0.378. The highest BCUT2D eigenvalue weighted by atomic mass is 16.5. The van der Waals surface area contributed by atoms with E-state index in [1.165, 1.54) is 5.56 Å². The molecular weight excluding hydrogens is 448 g/mol. The Kier molecular flexibility index (Phi) is 6.17. The molecule has 0 bridgehead atoms. The van der Waals surface area contributed by atoms with E-state index in [-0.39, 0.29) is 16.9 Å². The molecular formula is C31H32N2O3. The molecule has 36 heavy (non-hydrogen) atoms. The van der Waals surface area contributed by atoms with Crippen molar-refractivity contribution >= 4 is 22.4 Å². The van der Waals surface area contributed by atoms with E-state index in [4.69, 9.17) is 4.74 Å². The van der Waals surface area contributed by atoms with Crippen molar-refractivity contribution in [3.63, 3.8) is 0 Å². The summed E-state index contributed by atoms with van der Waals surface area (Å²) in [6.45, 7) is 9.76. The van der Waals surface area contributed by atoms with E-state index in [9.17, 15) is 9.59 Å². The lowest BCUT2D eigenvalue weighted by atomic mass is 9.98. The van der Waals surface area contributed by atoms with Crippen LogP contribution in [0.1, 0.15) is 37.5 Å². The van der Waals surface area contributed by atoms with Gasteiger partial charge in [0, 0.05) is 29.8 Å². The molecule has 1 aromatic heterocycles. The van der Waals surface area contributed by atoms with Crippen molar-refractivity contribution in [1.82, 2.24) is 4.98 Å². The number of rotatable bonds is 5. The summed E-state index contributed by atoms with van der Waals surface area (Å²) >= 11 is 0. The topological polar surface area (TPSA) is 62.4 Å². The number of ether oxygens (including phenoxy) is 1. The van der Waals surface area contributed by atoms with Gasteiger partial charge in [0.1, 0.15) is 5.75 Å². The van der Waals surface area contributed by atoms with Gasteiger partial charge < -0.3 is 14.6 Å². The first-order valence-electron chi connectivity index (χ1n) is 12.5. The van der Waals surface area contributed by atoms with E-state index in [1.807, 2.05) is 66.4 Å². The summed E-state index contributed by atoms with van der Waals surface area (Å²) in [4.78, 5) is 30.2. The number of carbonyl (C=O) groups is 1. The monoisotopic (exact) mass is 480 g/mol. The van der Waals surface area contributed by atoms with Crippen LogP contribution in [0.2, 0.25) is 0 Å². The van der Waals surface area contributed by atoms with Crippen molar-refractivity contribution in [2.75, 3.05) is 18.1 Å². The third-order valence-electron chi connectivity index (χ3n) is 6.60. The molecule has 5 nitrogen and oxygen atoms in total. The third kappa shape index (κ3) is 4.92. The number of H-pyrrole nitrogens is 1. The molecule has 0 saturated heterocycles. The van der Waals surface area contributed by atoms with Crippen molar-refractivity contribution in [3.05, 3.63) is 93.9 Å². The van der Waals surface area contributed by atoms with Gasteiger partial charge in [-0.2, -0.15) is 0 Å². The fourth-order valence-corrected chi connectivity index (χ4v) is 4.69. The summed E-state index contributed by atoms with van der Waals surface area (Å²) in [5, 5.41) is 1.61. The largest absolute Gasteiger partial charge is 0.493 e. The fraction of sp³-hybridized carbons (Fsp3) is 0.290. The number of aromatic amines is 1. The predicted molar refractivity (Wildman–Crippen MR) is 146 cm³/mol. The molecule has 0 radical (unpaired) electrons. The highest BCUT2D eigenvalue weighted by Crippen LogP contribution is 2.33. The van der Waals surface area contributed by atoms with Crippen LogP contribution >= 0.6 is 0 Å². The van der Waals surface area contributed by atoms with E-state index in [0.29, 0.717) is 25.0 Å². The molecule has 1 aliphatic heterocycles. The maximum absolute atomic E-state index is 13.3. The molecule has 5 heteroatoms. The Morgan fingerprint density at radius 3 is 2.53 bits per heavy atom. The van der Waals surface area contributed by atoms with Gasteiger partial charge in [-0.3, -0.25) is 9.59 Å². The summed E-state index contributed by atoms with van der Waals surface area (Å²) < 4.78 is 5.98. The summed E-state index contributed by atoms with van der Waals surface area (Å²) in [6, 6.07) is 20.0. The Bertz CT molecular complexity index is 1490. The van der Waals surface area contributed by atoms with Gasteiger partial charge in [-0.05, 0) is 53.0 Å². The number of nitrogens with one attached hydrogen (secondary N) is 1. The van der Waals surface area contributed by atoms with Crippen LogP contribution < -0.4 is 15.2 Å². The lowest BCUT2D eigenvalue weighted by Gasteiger charge is -2.21. The molecule has 0 saturated carbocycles. The van der Waals surface area contributed by atoms with Crippen molar-refractivity contribution in [2.24, 2.45) is 5.41 Å². The van der Waals surface area contributed by atoms with E-state index in [0.717, 1.165) is 45.5 Å². The number of benzene rings is 3. The summed E-state index contributed by atoms with van der Waals surface area (Å²) in [5.74, 6) is 0.885. The third-order valence-corrected chi connectivity index (χ3v) is 6.60. The first-order chi connectivity index (χ1) is 17.2. The van der Waals surface area contributed by atoms with Gasteiger partial charge in [-0.1, -0.05) is 68.8 Å². The average Bonchev–Trinajstić information content (AvgIpc) is 3.27. The minimum absolute atomic E-state index is 0.0703. The van der Waals surface area contributed by atoms with E-state index < -0.39 is 0 Å². The van der Waals surface area contributed by atoms with Gasteiger partial charge in [0.25, 0.3) is 5.56 Å². The molecule has 0 unspecified atom stereocenters. The number of aromatic nitrogens is 1. The van der Waals surface area contributed by atoms with Crippen LogP contribution in [-0.2, 0) is 17.6 Å². The van der Waals surface area contributed by atoms with Crippen molar-refractivity contribution in [2.45, 2.75) is 40.5 Å². The van der Waals surface area contributed by atoms with Crippen LogP contribution in [-0.4, -0.2) is 24.0 Å². The maximum atomic E-state index is 13.3. The van der Waals surface area contributed by atoms with Crippen LogP contribution in [0, 0.1) is 12.3 Å². The van der Waals surface area contributed by atoms with Gasteiger partial charge in [0.05, 0.1) is 18.7 Å². The van der Waals surface area contributed by atoms with Crippen LogP contribution in [0.4, 0.5) is 5.69 Å². The van der Waals surface area contributed by atoms with Gasteiger partial charge in [0.2, 0.25) is 5.91 Å². The van der Waals surface area contributed by atoms with E-state index >= 15 is 0 Å². The molecule has 0 spiro atoms. The molecule has 184 valence electrons. The maximum Gasteiger partial charge on any atom is 0.255 e. The molecule has 1 amide bonds. The second-order valence-corrected chi connectivity index (χ2v) is 10.9. The van der Waals surface area contributed by atoms with Gasteiger partial charge >= 0.3 is 0 Å². The summed E-state index contributed by atoms with van der Waals surface area (Å²) in [7, 11) is 0. The molecule has 5 rings (SSSR count). The first-order valence-corrected chi connectivity index (χ1v) is 12.5. The van der Waals surface area contributed by atoms with Gasteiger partial charge in [-0.25, -0.2) is 0 Å². The zero-order valence-corrected chi connectivity index (χ0v) is 21.4. The molecule has 0 fully saturated rings. The number of aryl methyl sites for hydroxylation is 1. The second-order valence-electron chi connectivity index (χ2n) is 10.9.